The van der Waals surface area contributed by atoms with Crippen molar-refractivity contribution in [1.82, 2.24) is 0 Å². The van der Waals surface area contributed by atoms with Crippen molar-refractivity contribution < 1.29 is 23.9 Å². The lowest BCUT2D eigenvalue weighted by molar-refractivity contribution is -0.126. The largest absolute Gasteiger partial charge is 0.375 e. The van der Waals surface area contributed by atoms with Crippen LogP contribution in [0.2, 0.25) is 0 Å². The quantitative estimate of drug-likeness (QED) is 0.593. The highest BCUT2D eigenvalue weighted by Crippen LogP contribution is 2.26. The number of fused-ring (bicyclic) bond motifs is 1. The predicted molar refractivity (Wildman–Crippen MR) is 104 cm³/mol. The van der Waals surface area contributed by atoms with Crippen molar-refractivity contribution in [1.29, 1.82) is 0 Å². The van der Waals surface area contributed by atoms with Gasteiger partial charge in [0.1, 0.15) is 6.61 Å². The molecule has 7 nitrogen and oxygen atoms in total. The molecular weight excluding hydrogens is 360 g/mol. The zero-order chi connectivity index (χ0) is 20.1. The van der Waals surface area contributed by atoms with Crippen molar-refractivity contribution in [3.8, 4) is 0 Å². The SMILES string of the molecule is COCC(=O)Nc1ccc(/C=C/C(=O)C2C(=O)Nc3ccccc3C2=O)cc1. The molecule has 2 amide bonds. The van der Waals surface area contributed by atoms with E-state index in [2.05, 4.69) is 10.6 Å². The number of carbonyl (C=O) groups excluding carboxylic acids is 4. The molecule has 0 fully saturated rings. The number of ether oxygens (including phenoxy) is 1. The van der Waals surface area contributed by atoms with E-state index in [1.165, 1.54) is 19.3 Å². The molecular formula is C21H18N2O5. The Labute approximate surface area is 161 Å². The molecule has 0 spiro atoms. The molecule has 1 heterocycles. The summed E-state index contributed by atoms with van der Waals surface area (Å²) in [4.78, 5) is 48.6. The first-order valence-corrected chi connectivity index (χ1v) is 8.54. The second kappa shape index (κ2) is 8.41. The fourth-order valence-corrected chi connectivity index (χ4v) is 2.83. The maximum Gasteiger partial charge on any atom is 0.250 e. The van der Waals surface area contributed by atoms with Crippen molar-refractivity contribution in [3.05, 3.63) is 65.7 Å². The maximum absolute atomic E-state index is 12.5. The second-order valence-corrected chi connectivity index (χ2v) is 6.17. The molecule has 0 saturated carbocycles. The van der Waals surface area contributed by atoms with Crippen molar-refractivity contribution in [2.75, 3.05) is 24.4 Å². The Morgan fingerprint density at radius 2 is 1.82 bits per heavy atom. The van der Waals surface area contributed by atoms with Gasteiger partial charge in [0.15, 0.2) is 17.5 Å². The van der Waals surface area contributed by atoms with E-state index in [-0.39, 0.29) is 12.5 Å². The number of allylic oxidation sites excluding steroid dienone is 1. The van der Waals surface area contributed by atoms with E-state index in [0.29, 0.717) is 22.5 Å². The second-order valence-electron chi connectivity index (χ2n) is 6.17. The number of hydrogen-bond donors (Lipinski definition) is 2. The van der Waals surface area contributed by atoms with Crippen LogP contribution in [-0.2, 0) is 19.1 Å². The fourth-order valence-electron chi connectivity index (χ4n) is 2.83. The van der Waals surface area contributed by atoms with Gasteiger partial charge in [-0.2, -0.15) is 0 Å². The minimum absolute atomic E-state index is 0.0449. The summed E-state index contributed by atoms with van der Waals surface area (Å²) >= 11 is 0. The molecule has 3 rings (SSSR count). The summed E-state index contributed by atoms with van der Waals surface area (Å²) in [7, 11) is 1.43. The normalized spacial score (nSPS) is 15.8. The van der Waals surface area contributed by atoms with E-state index >= 15 is 0 Å². The highest BCUT2D eigenvalue weighted by molar-refractivity contribution is 6.32. The number of methoxy groups -OCH3 is 1. The summed E-state index contributed by atoms with van der Waals surface area (Å²) in [6.07, 6.45) is 2.73. The molecule has 1 atom stereocenters. The van der Waals surface area contributed by atoms with Crippen LogP contribution < -0.4 is 10.6 Å². The number of ketones is 2. The molecule has 142 valence electrons. The Hall–Kier alpha value is -3.58. The van der Waals surface area contributed by atoms with E-state index in [1.54, 1.807) is 48.5 Å². The summed E-state index contributed by atoms with van der Waals surface area (Å²) < 4.78 is 4.74. The monoisotopic (exact) mass is 378 g/mol. The highest BCUT2D eigenvalue weighted by atomic mass is 16.5. The first kappa shape index (κ1) is 19.2. The smallest absolute Gasteiger partial charge is 0.250 e. The van der Waals surface area contributed by atoms with Gasteiger partial charge in [0, 0.05) is 18.4 Å². The number of Topliss-reactive ketones (excluding diaryl/α,β-unsaturated/α-hetero) is 1. The molecule has 7 heteroatoms. The van der Waals surface area contributed by atoms with Gasteiger partial charge in [-0.15, -0.1) is 0 Å². The number of rotatable bonds is 6. The summed E-state index contributed by atoms with van der Waals surface area (Å²) in [5, 5.41) is 5.25. The van der Waals surface area contributed by atoms with E-state index in [9.17, 15) is 19.2 Å². The van der Waals surface area contributed by atoms with E-state index in [4.69, 9.17) is 4.74 Å². The van der Waals surface area contributed by atoms with Crippen LogP contribution in [0.5, 0.6) is 0 Å². The van der Waals surface area contributed by atoms with E-state index in [1.807, 2.05) is 0 Å². The summed E-state index contributed by atoms with van der Waals surface area (Å²) in [6.45, 7) is -0.0449. The number of amides is 2. The lowest BCUT2D eigenvalue weighted by atomic mass is 9.88. The Morgan fingerprint density at radius 1 is 1.11 bits per heavy atom. The Morgan fingerprint density at radius 3 is 2.54 bits per heavy atom. The fraction of sp³-hybridized carbons (Fsp3) is 0.143. The molecule has 0 saturated heterocycles. The van der Waals surface area contributed by atoms with Crippen molar-refractivity contribution in [2.45, 2.75) is 0 Å². The first-order valence-electron chi connectivity index (χ1n) is 8.54. The van der Waals surface area contributed by atoms with Gasteiger partial charge >= 0.3 is 0 Å². The van der Waals surface area contributed by atoms with Crippen LogP contribution in [0.1, 0.15) is 15.9 Å². The van der Waals surface area contributed by atoms with Gasteiger partial charge in [-0.3, -0.25) is 19.2 Å². The predicted octanol–water partition coefficient (Wildman–Crippen LogP) is 2.30. The number of anilines is 2. The summed E-state index contributed by atoms with van der Waals surface area (Å²) in [6, 6.07) is 13.3. The van der Waals surface area contributed by atoms with Crippen LogP contribution >= 0.6 is 0 Å². The van der Waals surface area contributed by atoms with Crippen LogP contribution in [0, 0.1) is 5.92 Å². The minimum Gasteiger partial charge on any atom is -0.375 e. The van der Waals surface area contributed by atoms with Gasteiger partial charge in [-0.25, -0.2) is 0 Å². The maximum atomic E-state index is 12.5. The molecule has 2 aromatic rings. The van der Waals surface area contributed by atoms with Gasteiger partial charge in [-0.05, 0) is 35.9 Å². The Bertz CT molecular complexity index is 963. The first-order chi connectivity index (χ1) is 13.5. The van der Waals surface area contributed by atoms with Gasteiger partial charge in [0.05, 0.1) is 5.69 Å². The number of para-hydroxylation sites is 1. The van der Waals surface area contributed by atoms with E-state index in [0.717, 1.165) is 0 Å². The number of carbonyl (C=O) groups is 4. The van der Waals surface area contributed by atoms with Crippen molar-refractivity contribution in [3.63, 3.8) is 0 Å². The van der Waals surface area contributed by atoms with Crippen molar-refractivity contribution >= 4 is 40.8 Å². The molecule has 28 heavy (non-hydrogen) atoms. The molecule has 0 bridgehead atoms. The lowest BCUT2D eigenvalue weighted by Gasteiger charge is -2.21. The number of hydrogen-bond acceptors (Lipinski definition) is 5. The zero-order valence-electron chi connectivity index (χ0n) is 15.1. The highest BCUT2D eigenvalue weighted by Gasteiger charge is 2.38. The molecule has 0 radical (unpaired) electrons. The molecule has 0 aliphatic carbocycles. The molecule has 1 aliphatic heterocycles. The van der Waals surface area contributed by atoms with Crippen LogP contribution in [0.4, 0.5) is 11.4 Å². The standard InChI is InChI=1S/C21H18N2O5/c1-28-12-18(25)22-14-9-6-13(7-10-14)8-11-17(24)19-20(26)15-4-2-3-5-16(15)23-21(19)27/h2-11,19H,12H2,1H3,(H,22,25)(H,23,27)/b11-8+. The summed E-state index contributed by atoms with van der Waals surface area (Å²) in [5.74, 6) is -3.39. The average molecular weight is 378 g/mol. The van der Waals surface area contributed by atoms with Gasteiger partial charge in [0.25, 0.3) is 0 Å². The molecule has 2 N–H and O–H groups in total. The molecule has 1 aliphatic rings. The third kappa shape index (κ3) is 4.21. The van der Waals surface area contributed by atoms with Crippen LogP contribution in [0.3, 0.4) is 0 Å². The number of benzene rings is 2. The minimum atomic E-state index is -1.39. The van der Waals surface area contributed by atoms with Crippen molar-refractivity contribution in [2.24, 2.45) is 5.92 Å². The Kier molecular flexibility index (Phi) is 5.76. The third-order valence-corrected chi connectivity index (χ3v) is 4.17. The van der Waals surface area contributed by atoms with Crippen LogP contribution in [-0.4, -0.2) is 37.1 Å². The van der Waals surface area contributed by atoms with Crippen LogP contribution in [0.25, 0.3) is 6.08 Å². The lowest BCUT2D eigenvalue weighted by Crippen LogP contribution is -2.39. The molecule has 0 aromatic heterocycles. The van der Waals surface area contributed by atoms with Gasteiger partial charge in [0.2, 0.25) is 11.8 Å². The molecule has 2 aromatic carbocycles. The van der Waals surface area contributed by atoms with E-state index < -0.39 is 23.4 Å². The molecule has 1 unspecified atom stereocenters. The van der Waals surface area contributed by atoms with Gasteiger partial charge in [-0.1, -0.05) is 30.3 Å². The van der Waals surface area contributed by atoms with Crippen LogP contribution in [0.15, 0.2) is 54.6 Å². The topological polar surface area (TPSA) is 102 Å². The Balaban J connectivity index is 1.69. The summed E-state index contributed by atoms with van der Waals surface area (Å²) in [5.41, 5.74) is 2.01. The third-order valence-electron chi connectivity index (χ3n) is 4.17. The van der Waals surface area contributed by atoms with Gasteiger partial charge < -0.3 is 15.4 Å². The zero-order valence-corrected chi connectivity index (χ0v) is 15.1. The number of nitrogens with one attached hydrogen (secondary N) is 2. The average Bonchev–Trinajstić information content (AvgIpc) is 2.67.